The van der Waals surface area contributed by atoms with Crippen LogP contribution in [0.25, 0.3) is 0 Å². The Morgan fingerprint density at radius 2 is 2.11 bits per heavy atom. The molecule has 19 heavy (non-hydrogen) atoms. The van der Waals surface area contributed by atoms with E-state index in [4.69, 9.17) is 0 Å². The van der Waals surface area contributed by atoms with E-state index in [9.17, 15) is 4.79 Å². The van der Waals surface area contributed by atoms with Gasteiger partial charge in [-0.1, -0.05) is 11.3 Å². The van der Waals surface area contributed by atoms with E-state index in [1.165, 1.54) is 24.2 Å². The van der Waals surface area contributed by atoms with Crippen molar-refractivity contribution in [3.8, 4) is 0 Å². The number of anilines is 1. The number of carbonyl (C=O) groups excluding carboxylic acids is 1. The zero-order valence-corrected chi connectivity index (χ0v) is 11.9. The van der Waals surface area contributed by atoms with E-state index >= 15 is 0 Å². The van der Waals surface area contributed by atoms with Crippen molar-refractivity contribution in [1.29, 1.82) is 0 Å². The lowest BCUT2D eigenvalue weighted by molar-refractivity contribution is 0.102. The van der Waals surface area contributed by atoms with Gasteiger partial charge in [0.2, 0.25) is 5.13 Å². The van der Waals surface area contributed by atoms with Gasteiger partial charge in [-0.3, -0.25) is 14.8 Å². The number of aryl methyl sites for hydroxylation is 2. The zero-order chi connectivity index (χ0) is 13.6. The number of hydrogen-bond donors (Lipinski definition) is 1. The Balaban J connectivity index is 1.79. The highest BCUT2D eigenvalue weighted by molar-refractivity contribution is 7.15. The average Bonchev–Trinajstić information content (AvgIpc) is 3.04. The first-order valence-corrected chi connectivity index (χ1v) is 7.03. The van der Waals surface area contributed by atoms with Crippen LogP contribution in [0.4, 0.5) is 5.13 Å². The van der Waals surface area contributed by atoms with Crippen molar-refractivity contribution in [1.82, 2.24) is 20.0 Å². The lowest BCUT2D eigenvalue weighted by Gasteiger charge is -2.01. The number of rotatable bonds is 3. The molecule has 0 saturated heterocycles. The van der Waals surface area contributed by atoms with Gasteiger partial charge in [0.1, 0.15) is 5.01 Å². The standard InChI is InChI=1S/C12H15N5OS/c1-6-9(7(2)17(3)16-6)10(18)13-12-15-14-11(19-12)8-4-5-8/h8H,4-5H2,1-3H3,(H,13,15,18). The maximum atomic E-state index is 12.2. The summed E-state index contributed by atoms with van der Waals surface area (Å²) in [5.41, 5.74) is 2.19. The lowest BCUT2D eigenvalue weighted by atomic mass is 10.2. The quantitative estimate of drug-likeness (QED) is 0.931. The second-order valence-corrected chi connectivity index (χ2v) is 5.85. The third kappa shape index (κ3) is 2.25. The molecule has 1 amide bonds. The molecular formula is C12H15N5OS. The Bertz CT molecular complexity index is 641. The number of carbonyl (C=O) groups is 1. The maximum Gasteiger partial charge on any atom is 0.261 e. The molecule has 1 N–H and O–H groups in total. The fourth-order valence-corrected chi connectivity index (χ4v) is 2.95. The maximum absolute atomic E-state index is 12.2. The molecule has 1 aliphatic rings. The molecule has 0 bridgehead atoms. The second-order valence-electron chi connectivity index (χ2n) is 4.84. The van der Waals surface area contributed by atoms with Crippen molar-refractivity contribution in [3.05, 3.63) is 22.0 Å². The van der Waals surface area contributed by atoms with E-state index in [2.05, 4.69) is 20.6 Å². The number of aromatic nitrogens is 4. The molecule has 0 unspecified atom stereocenters. The molecule has 0 aliphatic heterocycles. The Morgan fingerprint density at radius 1 is 1.37 bits per heavy atom. The highest BCUT2D eigenvalue weighted by Gasteiger charge is 2.28. The summed E-state index contributed by atoms with van der Waals surface area (Å²) in [6.45, 7) is 3.71. The molecule has 2 aromatic heterocycles. The molecule has 0 radical (unpaired) electrons. The van der Waals surface area contributed by atoms with Crippen LogP contribution in [0.15, 0.2) is 0 Å². The first-order valence-electron chi connectivity index (χ1n) is 6.21. The molecule has 2 heterocycles. The first-order chi connectivity index (χ1) is 9.06. The van der Waals surface area contributed by atoms with Gasteiger partial charge >= 0.3 is 0 Å². The minimum Gasteiger partial charge on any atom is -0.296 e. The summed E-state index contributed by atoms with van der Waals surface area (Å²) in [7, 11) is 1.83. The van der Waals surface area contributed by atoms with Crippen LogP contribution < -0.4 is 5.32 Å². The van der Waals surface area contributed by atoms with Crippen molar-refractivity contribution in [2.24, 2.45) is 7.05 Å². The monoisotopic (exact) mass is 277 g/mol. The van der Waals surface area contributed by atoms with E-state index in [0.717, 1.165) is 16.4 Å². The summed E-state index contributed by atoms with van der Waals surface area (Å²) in [4.78, 5) is 12.2. The van der Waals surface area contributed by atoms with Gasteiger partial charge in [0.15, 0.2) is 0 Å². The molecule has 0 spiro atoms. The molecule has 3 rings (SSSR count). The number of amides is 1. The van der Waals surface area contributed by atoms with Crippen molar-refractivity contribution in [3.63, 3.8) is 0 Å². The van der Waals surface area contributed by atoms with E-state index in [1.807, 2.05) is 20.9 Å². The van der Waals surface area contributed by atoms with Crippen LogP contribution >= 0.6 is 11.3 Å². The number of nitrogens with one attached hydrogen (secondary N) is 1. The lowest BCUT2D eigenvalue weighted by Crippen LogP contribution is -2.13. The number of nitrogens with zero attached hydrogens (tertiary/aromatic N) is 4. The van der Waals surface area contributed by atoms with Crippen LogP contribution in [0.3, 0.4) is 0 Å². The minimum absolute atomic E-state index is 0.165. The van der Waals surface area contributed by atoms with Crippen molar-refractivity contribution in [2.75, 3.05) is 5.32 Å². The van der Waals surface area contributed by atoms with Crippen molar-refractivity contribution < 1.29 is 4.79 Å². The predicted molar refractivity (Wildman–Crippen MR) is 72.5 cm³/mol. The van der Waals surface area contributed by atoms with E-state index < -0.39 is 0 Å². The average molecular weight is 277 g/mol. The highest BCUT2D eigenvalue weighted by Crippen LogP contribution is 2.42. The Hall–Kier alpha value is -1.76. The summed E-state index contributed by atoms with van der Waals surface area (Å²) in [5.74, 6) is 0.395. The predicted octanol–water partition coefficient (Wildman–Crippen LogP) is 2.02. The molecule has 100 valence electrons. The summed E-state index contributed by atoms with van der Waals surface area (Å²) < 4.78 is 1.71. The van der Waals surface area contributed by atoms with Gasteiger partial charge in [-0.05, 0) is 26.7 Å². The molecule has 2 aromatic rings. The molecule has 0 aromatic carbocycles. The minimum atomic E-state index is -0.165. The molecule has 7 heteroatoms. The zero-order valence-electron chi connectivity index (χ0n) is 11.1. The molecule has 1 saturated carbocycles. The largest absolute Gasteiger partial charge is 0.296 e. The van der Waals surface area contributed by atoms with Crippen LogP contribution in [0.2, 0.25) is 0 Å². The van der Waals surface area contributed by atoms with Crippen LogP contribution in [0, 0.1) is 13.8 Å². The summed E-state index contributed by atoms with van der Waals surface area (Å²) in [6, 6.07) is 0. The van der Waals surface area contributed by atoms with Crippen LogP contribution in [-0.4, -0.2) is 25.9 Å². The van der Waals surface area contributed by atoms with Crippen molar-refractivity contribution in [2.45, 2.75) is 32.6 Å². The van der Waals surface area contributed by atoms with Crippen LogP contribution in [0.1, 0.15) is 45.5 Å². The first kappa shape index (κ1) is 12.3. The van der Waals surface area contributed by atoms with Crippen LogP contribution in [-0.2, 0) is 7.05 Å². The number of hydrogen-bond acceptors (Lipinski definition) is 5. The Morgan fingerprint density at radius 3 is 2.68 bits per heavy atom. The SMILES string of the molecule is Cc1nn(C)c(C)c1C(=O)Nc1nnc(C2CC2)s1. The molecule has 6 nitrogen and oxygen atoms in total. The van der Waals surface area contributed by atoms with Crippen molar-refractivity contribution >= 4 is 22.4 Å². The van der Waals surface area contributed by atoms with E-state index in [1.54, 1.807) is 4.68 Å². The molecule has 1 fully saturated rings. The summed E-state index contributed by atoms with van der Waals surface area (Å²) in [5, 5.41) is 16.8. The fourth-order valence-electron chi connectivity index (χ4n) is 2.04. The van der Waals surface area contributed by atoms with E-state index in [-0.39, 0.29) is 5.91 Å². The molecular weight excluding hydrogens is 262 g/mol. The summed E-state index contributed by atoms with van der Waals surface area (Å²) >= 11 is 1.46. The molecule has 0 atom stereocenters. The molecule has 1 aliphatic carbocycles. The third-order valence-electron chi connectivity index (χ3n) is 3.32. The highest BCUT2D eigenvalue weighted by atomic mass is 32.1. The second kappa shape index (κ2) is 4.41. The smallest absolute Gasteiger partial charge is 0.261 e. The topological polar surface area (TPSA) is 72.7 Å². The van der Waals surface area contributed by atoms with Gasteiger partial charge in [0, 0.05) is 18.7 Å². The normalized spacial score (nSPS) is 14.7. The van der Waals surface area contributed by atoms with Gasteiger partial charge in [-0.2, -0.15) is 5.10 Å². The van der Waals surface area contributed by atoms with E-state index in [0.29, 0.717) is 16.6 Å². The summed E-state index contributed by atoms with van der Waals surface area (Å²) in [6.07, 6.45) is 2.37. The third-order valence-corrected chi connectivity index (χ3v) is 4.32. The van der Waals surface area contributed by atoms with Crippen LogP contribution in [0.5, 0.6) is 0 Å². The van der Waals surface area contributed by atoms with Gasteiger partial charge in [0.25, 0.3) is 5.91 Å². The van der Waals surface area contributed by atoms with Gasteiger partial charge < -0.3 is 0 Å². The van der Waals surface area contributed by atoms with Gasteiger partial charge in [-0.25, -0.2) is 0 Å². The van der Waals surface area contributed by atoms with Gasteiger partial charge in [0.05, 0.1) is 11.3 Å². The Labute approximate surface area is 114 Å². The Kier molecular flexibility index (Phi) is 2.85. The fraction of sp³-hybridized carbons (Fsp3) is 0.500. The van der Waals surface area contributed by atoms with Gasteiger partial charge in [-0.15, -0.1) is 10.2 Å².